The molecule has 1 saturated heterocycles. The number of nitrogens with zero attached hydrogens (tertiary/aromatic N) is 1. The fraction of sp³-hybridized carbons (Fsp3) is 0.889. The molecule has 1 N–H and O–H groups in total. The smallest absolute Gasteiger partial charge is 0.407 e. The van der Waals surface area contributed by atoms with E-state index in [4.69, 9.17) is 9.29 Å². The molecule has 0 spiro atoms. The lowest BCUT2D eigenvalue weighted by molar-refractivity contribution is 0.145. The number of carboxylic acid groups (broad SMARTS) is 1. The summed E-state index contributed by atoms with van der Waals surface area (Å²) in [5, 5.41) is 8.82. The van der Waals surface area contributed by atoms with E-state index in [2.05, 4.69) is 0 Å². The Labute approximate surface area is 94.3 Å². The molecule has 3 atom stereocenters. The van der Waals surface area contributed by atoms with Crippen molar-refractivity contribution in [2.75, 3.05) is 19.3 Å². The summed E-state index contributed by atoms with van der Waals surface area (Å²) < 4.78 is 26.8. The molecule has 2 rings (SSSR count). The quantitative estimate of drug-likeness (QED) is 0.714. The molecule has 2 aliphatic rings. The summed E-state index contributed by atoms with van der Waals surface area (Å²) in [7, 11) is -3.40. The molecule has 1 aliphatic heterocycles. The van der Waals surface area contributed by atoms with Gasteiger partial charge in [0, 0.05) is 13.1 Å². The first kappa shape index (κ1) is 11.7. The molecule has 92 valence electrons. The van der Waals surface area contributed by atoms with Crippen molar-refractivity contribution in [1.29, 1.82) is 0 Å². The molecular formula is C9H15NO5S. The van der Waals surface area contributed by atoms with Crippen molar-refractivity contribution < 1.29 is 22.5 Å². The molecule has 1 saturated carbocycles. The van der Waals surface area contributed by atoms with Gasteiger partial charge in [0.1, 0.15) is 0 Å². The van der Waals surface area contributed by atoms with Crippen molar-refractivity contribution in [1.82, 2.24) is 4.90 Å². The van der Waals surface area contributed by atoms with Gasteiger partial charge in [0.25, 0.3) is 10.1 Å². The second-order valence-corrected chi connectivity index (χ2v) is 6.20. The van der Waals surface area contributed by atoms with E-state index in [1.807, 2.05) is 0 Å². The van der Waals surface area contributed by atoms with E-state index in [1.54, 1.807) is 0 Å². The van der Waals surface area contributed by atoms with E-state index in [1.165, 1.54) is 4.90 Å². The molecule has 6 nitrogen and oxygen atoms in total. The standard InChI is InChI=1S/C9H15NO5S/c1-16(13,14)15-8-2-6-4-10(9(11)12)5-7(6)3-8/h6-8H,2-5H2,1H3,(H,11,12)/t6-,7+,8?. The minimum atomic E-state index is -3.40. The van der Waals surface area contributed by atoms with E-state index < -0.39 is 16.2 Å². The van der Waals surface area contributed by atoms with E-state index in [9.17, 15) is 13.2 Å². The van der Waals surface area contributed by atoms with Crippen LogP contribution >= 0.6 is 0 Å². The molecule has 1 unspecified atom stereocenters. The van der Waals surface area contributed by atoms with Crippen molar-refractivity contribution in [2.24, 2.45) is 11.8 Å². The first-order valence-electron chi connectivity index (χ1n) is 5.21. The van der Waals surface area contributed by atoms with Crippen LogP contribution in [0.25, 0.3) is 0 Å². The van der Waals surface area contributed by atoms with Crippen LogP contribution in [0.2, 0.25) is 0 Å². The Bertz CT molecular complexity index is 379. The van der Waals surface area contributed by atoms with Crippen molar-refractivity contribution in [3.63, 3.8) is 0 Å². The van der Waals surface area contributed by atoms with Crippen molar-refractivity contribution >= 4 is 16.2 Å². The Kier molecular flexibility index (Phi) is 2.83. The van der Waals surface area contributed by atoms with Gasteiger partial charge in [-0.25, -0.2) is 4.79 Å². The van der Waals surface area contributed by atoms with Crippen molar-refractivity contribution in [3.8, 4) is 0 Å². The molecule has 1 heterocycles. The molecular weight excluding hydrogens is 234 g/mol. The molecule has 0 aromatic rings. The van der Waals surface area contributed by atoms with Crippen LogP contribution in [0.4, 0.5) is 4.79 Å². The molecule has 1 aliphatic carbocycles. The maximum absolute atomic E-state index is 11.0. The number of fused-ring (bicyclic) bond motifs is 1. The van der Waals surface area contributed by atoms with Gasteiger partial charge >= 0.3 is 6.09 Å². The molecule has 0 radical (unpaired) electrons. The number of likely N-dealkylation sites (tertiary alicyclic amines) is 1. The summed E-state index contributed by atoms with van der Waals surface area (Å²) in [5.41, 5.74) is 0. The highest BCUT2D eigenvalue weighted by Gasteiger charge is 2.43. The highest BCUT2D eigenvalue weighted by Crippen LogP contribution is 2.39. The zero-order valence-corrected chi connectivity index (χ0v) is 9.81. The maximum atomic E-state index is 11.0. The van der Waals surface area contributed by atoms with Crippen molar-refractivity contribution in [3.05, 3.63) is 0 Å². The Balaban J connectivity index is 1.91. The lowest BCUT2D eigenvalue weighted by Crippen LogP contribution is -2.29. The minimum absolute atomic E-state index is 0.253. The first-order valence-corrected chi connectivity index (χ1v) is 7.03. The summed E-state index contributed by atoms with van der Waals surface area (Å²) in [4.78, 5) is 12.1. The third kappa shape index (κ3) is 2.46. The second-order valence-electron chi connectivity index (χ2n) is 4.60. The average Bonchev–Trinajstić information content (AvgIpc) is 2.56. The highest BCUT2D eigenvalue weighted by atomic mass is 32.2. The zero-order valence-electron chi connectivity index (χ0n) is 9.00. The van der Waals surface area contributed by atoms with Crippen LogP contribution in [0, 0.1) is 11.8 Å². The fourth-order valence-electron chi connectivity index (χ4n) is 2.73. The molecule has 0 bridgehead atoms. The van der Waals surface area contributed by atoms with Crippen LogP contribution in [-0.4, -0.2) is 50.0 Å². The highest BCUT2D eigenvalue weighted by molar-refractivity contribution is 7.86. The molecule has 2 fully saturated rings. The summed E-state index contributed by atoms with van der Waals surface area (Å²) in [6, 6.07) is 0. The molecule has 16 heavy (non-hydrogen) atoms. The molecule has 0 aromatic carbocycles. The molecule has 7 heteroatoms. The molecule has 1 amide bonds. The van der Waals surface area contributed by atoms with Gasteiger partial charge in [0.2, 0.25) is 0 Å². The monoisotopic (exact) mass is 249 g/mol. The second kappa shape index (κ2) is 3.89. The Morgan fingerprint density at radius 2 is 1.81 bits per heavy atom. The lowest BCUT2D eigenvalue weighted by Gasteiger charge is -2.15. The van der Waals surface area contributed by atoms with E-state index >= 15 is 0 Å². The zero-order chi connectivity index (χ0) is 11.9. The Hall–Kier alpha value is -0.820. The number of amides is 1. The minimum Gasteiger partial charge on any atom is -0.465 e. The van der Waals surface area contributed by atoms with Crippen LogP contribution in [0.15, 0.2) is 0 Å². The topological polar surface area (TPSA) is 83.9 Å². The fourth-order valence-corrected chi connectivity index (χ4v) is 3.38. The van der Waals surface area contributed by atoms with Gasteiger partial charge in [0.05, 0.1) is 12.4 Å². The third-order valence-electron chi connectivity index (χ3n) is 3.29. The molecule has 0 aromatic heterocycles. The SMILES string of the molecule is CS(=O)(=O)OC1C[C@@H]2CN(C(=O)O)C[C@@H]2C1. The van der Waals surface area contributed by atoms with Gasteiger partial charge in [-0.1, -0.05) is 0 Å². The predicted molar refractivity (Wildman–Crippen MR) is 55.5 cm³/mol. The first-order chi connectivity index (χ1) is 7.35. The Morgan fingerprint density at radius 1 is 1.31 bits per heavy atom. The van der Waals surface area contributed by atoms with Crippen LogP contribution in [0.5, 0.6) is 0 Å². The number of hydrogen-bond donors (Lipinski definition) is 1. The summed E-state index contributed by atoms with van der Waals surface area (Å²) >= 11 is 0. The lowest BCUT2D eigenvalue weighted by atomic mass is 10.0. The van der Waals surface area contributed by atoms with E-state index in [0.29, 0.717) is 25.9 Å². The van der Waals surface area contributed by atoms with Crippen molar-refractivity contribution in [2.45, 2.75) is 18.9 Å². The average molecular weight is 249 g/mol. The van der Waals surface area contributed by atoms with E-state index in [-0.39, 0.29) is 17.9 Å². The van der Waals surface area contributed by atoms with Crippen LogP contribution in [0.3, 0.4) is 0 Å². The number of carbonyl (C=O) groups is 1. The van der Waals surface area contributed by atoms with Crippen LogP contribution in [-0.2, 0) is 14.3 Å². The van der Waals surface area contributed by atoms with Gasteiger partial charge in [-0.3, -0.25) is 4.18 Å². The van der Waals surface area contributed by atoms with Gasteiger partial charge in [0.15, 0.2) is 0 Å². The third-order valence-corrected chi connectivity index (χ3v) is 3.91. The number of hydrogen-bond acceptors (Lipinski definition) is 4. The maximum Gasteiger partial charge on any atom is 0.407 e. The van der Waals surface area contributed by atoms with E-state index in [0.717, 1.165) is 6.26 Å². The van der Waals surface area contributed by atoms with Gasteiger partial charge < -0.3 is 10.0 Å². The summed E-state index contributed by atoms with van der Waals surface area (Å²) in [5.74, 6) is 0.505. The van der Waals surface area contributed by atoms with Gasteiger partial charge in [-0.2, -0.15) is 8.42 Å². The van der Waals surface area contributed by atoms with Gasteiger partial charge in [-0.05, 0) is 24.7 Å². The Morgan fingerprint density at radius 3 is 2.19 bits per heavy atom. The number of rotatable bonds is 2. The van der Waals surface area contributed by atoms with Crippen LogP contribution in [0.1, 0.15) is 12.8 Å². The summed E-state index contributed by atoms with van der Waals surface area (Å²) in [6.45, 7) is 1.01. The predicted octanol–water partition coefficient (Wildman–Crippen LogP) is 0.351. The van der Waals surface area contributed by atoms with Crippen LogP contribution < -0.4 is 0 Å². The summed E-state index contributed by atoms with van der Waals surface area (Å²) in [6.07, 6.45) is 1.17. The van der Waals surface area contributed by atoms with Gasteiger partial charge in [-0.15, -0.1) is 0 Å². The largest absolute Gasteiger partial charge is 0.465 e. The normalized spacial score (nSPS) is 34.1.